The molecular weight excluding hydrogens is 168 g/mol. The van der Waals surface area contributed by atoms with Crippen molar-refractivity contribution in [1.29, 1.82) is 0 Å². The van der Waals surface area contributed by atoms with Crippen LogP contribution in [0.15, 0.2) is 24.3 Å². The minimum atomic E-state index is 0.362. The van der Waals surface area contributed by atoms with Gasteiger partial charge in [0, 0.05) is 12.3 Å². The predicted octanol–water partition coefficient (Wildman–Crippen LogP) is 3.90. The van der Waals surface area contributed by atoms with Gasteiger partial charge in [-0.05, 0) is 25.8 Å². The van der Waals surface area contributed by atoms with Crippen molar-refractivity contribution < 1.29 is 0 Å². The Bertz CT molecular complexity index is 339. The van der Waals surface area contributed by atoms with Crippen LogP contribution in [0.3, 0.4) is 0 Å². The molecule has 0 aliphatic rings. The van der Waals surface area contributed by atoms with Gasteiger partial charge in [-0.15, -0.1) is 5.92 Å². The molecule has 0 aliphatic carbocycles. The van der Waals surface area contributed by atoms with Gasteiger partial charge in [0.05, 0.1) is 0 Å². The van der Waals surface area contributed by atoms with Crippen LogP contribution in [-0.2, 0) is 0 Å². The fourth-order valence-electron chi connectivity index (χ4n) is 1.37. The molecule has 74 valence electrons. The summed E-state index contributed by atoms with van der Waals surface area (Å²) in [6.45, 7) is 6.44. The minimum Gasteiger partial charge on any atom is -0.103 e. The summed E-state index contributed by atoms with van der Waals surface area (Å²) in [5, 5.41) is 0. The molecule has 0 bridgehead atoms. The maximum atomic E-state index is 3.28. The molecule has 0 heteroatoms. The van der Waals surface area contributed by atoms with E-state index in [1.165, 1.54) is 11.1 Å². The maximum absolute atomic E-state index is 3.28. The SMILES string of the molecule is CCCC#CC(C)c1cccc(C)c1. The second-order valence-corrected chi connectivity index (χ2v) is 3.71. The number of hydrogen-bond acceptors (Lipinski definition) is 0. The van der Waals surface area contributed by atoms with Gasteiger partial charge in [0.25, 0.3) is 0 Å². The molecule has 0 radical (unpaired) electrons. The highest BCUT2D eigenvalue weighted by atomic mass is 14.0. The van der Waals surface area contributed by atoms with Gasteiger partial charge in [0.1, 0.15) is 0 Å². The van der Waals surface area contributed by atoms with E-state index in [-0.39, 0.29) is 0 Å². The van der Waals surface area contributed by atoms with Crippen molar-refractivity contribution in [3.05, 3.63) is 35.4 Å². The van der Waals surface area contributed by atoms with Crippen LogP contribution in [0.2, 0.25) is 0 Å². The van der Waals surface area contributed by atoms with Crippen LogP contribution in [0.1, 0.15) is 43.7 Å². The zero-order valence-corrected chi connectivity index (χ0v) is 9.30. The van der Waals surface area contributed by atoms with E-state index in [0.717, 1.165) is 12.8 Å². The Hall–Kier alpha value is -1.22. The van der Waals surface area contributed by atoms with Crippen LogP contribution >= 0.6 is 0 Å². The fraction of sp³-hybridized carbons (Fsp3) is 0.429. The summed E-state index contributed by atoms with van der Waals surface area (Å²) >= 11 is 0. The van der Waals surface area contributed by atoms with Gasteiger partial charge in [-0.25, -0.2) is 0 Å². The van der Waals surface area contributed by atoms with Crippen molar-refractivity contribution in [2.24, 2.45) is 0 Å². The third-order valence-corrected chi connectivity index (χ3v) is 2.24. The Kier molecular flexibility index (Phi) is 4.26. The molecule has 14 heavy (non-hydrogen) atoms. The predicted molar refractivity (Wildman–Crippen MR) is 62.3 cm³/mol. The van der Waals surface area contributed by atoms with Crippen molar-refractivity contribution in [3.63, 3.8) is 0 Å². The third kappa shape index (κ3) is 3.26. The summed E-state index contributed by atoms with van der Waals surface area (Å²) in [5.41, 5.74) is 2.64. The monoisotopic (exact) mass is 186 g/mol. The number of hydrogen-bond donors (Lipinski definition) is 0. The summed E-state index contributed by atoms with van der Waals surface area (Å²) in [7, 11) is 0. The number of benzene rings is 1. The van der Waals surface area contributed by atoms with Gasteiger partial charge in [-0.2, -0.15) is 0 Å². The van der Waals surface area contributed by atoms with Gasteiger partial charge >= 0.3 is 0 Å². The third-order valence-electron chi connectivity index (χ3n) is 2.24. The summed E-state index contributed by atoms with van der Waals surface area (Å²) < 4.78 is 0. The van der Waals surface area contributed by atoms with Gasteiger partial charge in [0.15, 0.2) is 0 Å². The molecule has 0 amide bonds. The second kappa shape index (κ2) is 5.50. The molecule has 0 nitrogen and oxygen atoms in total. The highest BCUT2D eigenvalue weighted by Crippen LogP contribution is 2.15. The smallest absolute Gasteiger partial charge is 0.0424 e. The average molecular weight is 186 g/mol. The summed E-state index contributed by atoms with van der Waals surface area (Å²) in [6, 6.07) is 8.59. The van der Waals surface area contributed by atoms with Crippen molar-refractivity contribution >= 4 is 0 Å². The Morgan fingerprint density at radius 3 is 2.79 bits per heavy atom. The second-order valence-electron chi connectivity index (χ2n) is 3.71. The van der Waals surface area contributed by atoms with Gasteiger partial charge in [-0.1, -0.05) is 42.7 Å². The lowest BCUT2D eigenvalue weighted by Crippen LogP contribution is -1.89. The van der Waals surface area contributed by atoms with Crippen LogP contribution in [0.5, 0.6) is 0 Å². The van der Waals surface area contributed by atoms with E-state index in [9.17, 15) is 0 Å². The summed E-state index contributed by atoms with van der Waals surface area (Å²) in [5.74, 6) is 6.84. The van der Waals surface area contributed by atoms with E-state index in [1.54, 1.807) is 0 Å². The Morgan fingerprint density at radius 2 is 2.14 bits per heavy atom. The van der Waals surface area contributed by atoms with E-state index in [2.05, 4.69) is 56.9 Å². The first-order chi connectivity index (χ1) is 6.74. The molecule has 1 rings (SSSR count). The van der Waals surface area contributed by atoms with Crippen LogP contribution in [-0.4, -0.2) is 0 Å². The highest BCUT2D eigenvalue weighted by Gasteiger charge is 2.00. The van der Waals surface area contributed by atoms with E-state index in [0.29, 0.717) is 5.92 Å². The number of rotatable bonds is 2. The topological polar surface area (TPSA) is 0 Å². The first-order valence-electron chi connectivity index (χ1n) is 5.29. The number of aryl methyl sites for hydroxylation is 1. The van der Waals surface area contributed by atoms with Gasteiger partial charge in [0.2, 0.25) is 0 Å². The normalized spacial score (nSPS) is 11.6. The van der Waals surface area contributed by atoms with E-state index < -0.39 is 0 Å². The van der Waals surface area contributed by atoms with Gasteiger partial charge < -0.3 is 0 Å². The molecule has 0 heterocycles. The first-order valence-corrected chi connectivity index (χ1v) is 5.29. The van der Waals surface area contributed by atoms with Crippen molar-refractivity contribution in [2.75, 3.05) is 0 Å². The molecule has 0 fully saturated rings. The average Bonchev–Trinajstić information content (AvgIpc) is 2.18. The molecule has 0 saturated carbocycles. The van der Waals surface area contributed by atoms with Crippen LogP contribution in [0.4, 0.5) is 0 Å². The maximum Gasteiger partial charge on any atom is 0.0424 e. The first kappa shape index (κ1) is 10.9. The van der Waals surface area contributed by atoms with Crippen molar-refractivity contribution in [3.8, 4) is 11.8 Å². The van der Waals surface area contributed by atoms with E-state index >= 15 is 0 Å². The lowest BCUT2D eigenvalue weighted by molar-refractivity contribution is 0.963. The zero-order valence-electron chi connectivity index (χ0n) is 9.30. The molecule has 1 atom stereocenters. The molecule has 0 aromatic heterocycles. The van der Waals surface area contributed by atoms with Crippen molar-refractivity contribution in [2.45, 2.75) is 39.5 Å². The largest absolute Gasteiger partial charge is 0.103 e. The Balaban J connectivity index is 2.70. The van der Waals surface area contributed by atoms with E-state index in [4.69, 9.17) is 0 Å². The van der Waals surface area contributed by atoms with Crippen LogP contribution in [0.25, 0.3) is 0 Å². The molecule has 1 aromatic rings. The zero-order chi connectivity index (χ0) is 10.4. The highest BCUT2D eigenvalue weighted by molar-refractivity contribution is 5.30. The molecule has 0 spiro atoms. The van der Waals surface area contributed by atoms with E-state index in [1.807, 2.05) is 0 Å². The standard InChI is InChI=1S/C14H18/c1-4-5-6-9-13(3)14-10-7-8-12(2)11-14/h7-8,10-11,13H,4-5H2,1-3H3. The molecule has 1 aromatic carbocycles. The van der Waals surface area contributed by atoms with Crippen LogP contribution in [0, 0.1) is 18.8 Å². The fourth-order valence-corrected chi connectivity index (χ4v) is 1.37. The Labute approximate surface area is 87.4 Å². The summed E-state index contributed by atoms with van der Waals surface area (Å²) in [4.78, 5) is 0. The number of unbranched alkanes of at least 4 members (excludes halogenated alkanes) is 1. The Morgan fingerprint density at radius 1 is 1.36 bits per heavy atom. The van der Waals surface area contributed by atoms with Crippen LogP contribution < -0.4 is 0 Å². The van der Waals surface area contributed by atoms with Gasteiger partial charge in [-0.3, -0.25) is 0 Å². The molecular formula is C14H18. The van der Waals surface area contributed by atoms with Crippen molar-refractivity contribution in [1.82, 2.24) is 0 Å². The lowest BCUT2D eigenvalue weighted by atomic mass is 10.00. The molecule has 0 aliphatic heterocycles. The summed E-state index contributed by atoms with van der Waals surface area (Å²) in [6.07, 6.45) is 2.16. The molecule has 0 saturated heterocycles. The lowest BCUT2D eigenvalue weighted by Gasteiger charge is -2.04. The molecule has 0 N–H and O–H groups in total. The molecule has 1 unspecified atom stereocenters. The minimum absolute atomic E-state index is 0.362. The quantitative estimate of drug-likeness (QED) is 0.614.